The molecule has 1 aliphatic carbocycles. The number of carboxylic acids is 1. The van der Waals surface area contributed by atoms with Crippen molar-refractivity contribution < 1.29 is 24.2 Å². The van der Waals surface area contributed by atoms with E-state index in [-0.39, 0.29) is 18.9 Å². The summed E-state index contributed by atoms with van der Waals surface area (Å²) in [5.74, 6) is -0.574. The summed E-state index contributed by atoms with van der Waals surface area (Å²) >= 11 is 3.59. The minimum atomic E-state index is -1.13. The van der Waals surface area contributed by atoms with Gasteiger partial charge in [0.25, 0.3) is 0 Å². The summed E-state index contributed by atoms with van der Waals surface area (Å²) in [5.41, 5.74) is 5.98. The van der Waals surface area contributed by atoms with Crippen molar-refractivity contribution in [3.05, 3.63) is 124 Å². The Morgan fingerprint density at radius 3 is 2.31 bits per heavy atom. The van der Waals surface area contributed by atoms with E-state index in [1.807, 2.05) is 91.0 Å². The number of halogens is 1. The summed E-state index contributed by atoms with van der Waals surface area (Å²) in [6.07, 6.45) is 5.88. The second kappa shape index (κ2) is 15.6. The lowest BCUT2D eigenvalue weighted by molar-refractivity contribution is -0.145. The van der Waals surface area contributed by atoms with Crippen LogP contribution in [0.25, 0.3) is 11.1 Å². The van der Waals surface area contributed by atoms with Crippen molar-refractivity contribution in [3.63, 3.8) is 0 Å². The molecular formula is C40H41BrN2O5. The standard InChI is InChI=1S/C40H41BrN2O5/c41-35-13-7-6-12-31(35)20-21-48-34-19-18-32-25-37(43(26-33(32)24-34)38(44)23-27-8-4-5-9-27)39(45)42-36(40(46)47)22-28-14-16-30(17-15-28)29-10-2-1-3-11-29/h1-3,6-7,10-19,24,27,36-37H,4-5,8-9,20-23,25-26H2,(H,42,45)(H,46,47)/t36-,37?/m0/s1. The quantitative estimate of drug-likeness (QED) is 0.160. The van der Waals surface area contributed by atoms with Crippen molar-refractivity contribution in [2.75, 3.05) is 6.61 Å². The normalized spacial score (nSPS) is 16.6. The maximum Gasteiger partial charge on any atom is 0.326 e. The van der Waals surface area contributed by atoms with Crippen LogP contribution in [0, 0.1) is 5.92 Å². The topological polar surface area (TPSA) is 95.9 Å². The van der Waals surface area contributed by atoms with Gasteiger partial charge >= 0.3 is 5.97 Å². The van der Waals surface area contributed by atoms with Gasteiger partial charge in [-0.05, 0) is 70.3 Å². The lowest BCUT2D eigenvalue weighted by atomic mass is 9.91. The van der Waals surface area contributed by atoms with E-state index in [0.717, 1.165) is 75.7 Å². The fraction of sp³-hybridized carbons (Fsp3) is 0.325. The van der Waals surface area contributed by atoms with Crippen LogP contribution in [0.2, 0.25) is 0 Å². The average Bonchev–Trinajstić information content (AvgIpc) is 3.62. The summed E-state index contributed by atoms with van der Waals surface area (Å²) in [7, 11) is 0. The molecule has 1 saturated carbocycles. The third-order valence-electron chi connectivity index (χ3n) is 9.58. The van der Waals surface area contributed by atoms with E-state index < -0.39 is 24.0 Å². The Hall–Kier alpha value is -4.43. The van der Waals surface area contributed by atoms with E-state index in [2.05, 4.69) is 27.3 Å². The predicted octanol–water partition coefficient (Wildman–Crippen LogP) is 7.38. The minimum Gasteiger partial charge on any atom is -0.493 e. The molecule has 0 aromatic heterocycles. The van der Waals surface area contributed by atoms with Gasteiger partial charge in [0.2, 0.25) is 11.8 Å². The van der Waals surface area contributed by atoms with Crippen molar-refractivity contribution >= 4 is 33.7 Å². The van der Waals surface area contributed by atoms with Gasteiger partial charge in [-0.1, -0.05) is 108 Å². The zero-order valence-electron chi connectivity index (χ0n) is 26.9. The fourth-order valence-corrected chi connectivity index (χ4v) is 7.36. The molecule has 48 heavy (non-hydrogen) atoms. The Balaban J connectivity index is 1.16. The molecule has 1 heterocycles. The molecular weight excluding hydrogens is 668 g/mol. The van der Waals surface area contributed by atoms with Crippen molar-refractivity contribution in [1.29, 1.82) is 0 Å². The molecule has 1 aliphatic heterocycles. The first-order valence-electron chi connectivity index (χ1n) is 16.8. The predicted molar refractivity (Wildman–Crippen MR) is 190 cm³/mol. The molecule has 4 aromatic carbocycles. The van der Waals surface area contributed by atoms with Crippen LogP contribution < -0.4 is 10.1 Å². The number of benzene rings is 4. The molecule has 6 rings (SSSR count). The molecule has 7 nitrogen and oxygen atoms in total. The third-order valence-corrected chi connectivity index (χ3v) is 10.4. The van der Waals surface area contributed by atoms with Crippen LogP contribution in [0.5, 0.6) is 5.75 Å². The van der Waals surface area contributed by atoms with Crippen LogP contribution in [-0.4, -0.2) is 46.5 Å². The van der Waals surface area contributed by atoms with Crippen LogP contribution in [0.4, 0.5) is 0 Å². The number of aliphatic carboxylic acids is 1. The highest BCUT2D eigenvalue weighted by Crippen LogP contribution is 2.32. The van der Waals surface area contributed by atoms with E-state index in [9.17, 15) is 19.5 Å². The second-order valence-corrected chi connectivity index (χ2v) is 13.7. The Morgan fingerprint density at radius 2 is 1.58 bits per heavy atom. The lowest BCUT2D eigenvalue weighted by Crippen LogP contribution is -2.56. The summed E-state index contributed by atoms with van der Waals surface area (Å²) in [4.78, 5) is 41.7. The van der Waals surface area contributed by atoms with E-state index in [4.69, 9.17) is 4.74 Å². The summed E-state index contributed by atoms with van der Waals surface area (Å²) in [5, 5.41) is 12.9. The number of amides is 2. The number of hydrogen-bond acceptors (Lipinski definition) is 4. The van der Waals surface area contributed by atoms with E-state index in [1.165, 1.54) is 0 Å². The van der Waals surface area contributed by atoms with Crippen molar-refractivity contribution in [3.8, 4) is 16.9 Å². The molecule has 1 fully saturated rings. The van der Waals surface area contributed by atoms with Gasteiger partial charge in [-0.2, -0.15) is 0 Å². The Labute approximate surface area is 290 Å². The van der Waals surface area contributed by atoms with E-state index in [0.29, 0.717) is 25.4 Å². The molecule has 2 atom stereocenters. The van der Waals surface area contributed by atoms with Gasteiger partial charge in [-0.25, -0.2) is 4.79 Å². The number of ether oxygens (including phenoxy) is 1. The molecule has 2 N–H and O–H groups in total. The van der Waals surface area contributed by atoms with Crippen LogP contribution in [0.3, 0.4) is 0 Å². The van der Waals surface area contributed by atoms with Crippen LogP contribution >= 0.6 is 15.9 Å². The van der Waals surface area contributed by atoms with Gasteiger partial charge in [0.15, 0.2) is 0 Å². The van der Waals surface area contributed by atoms with Crippen LogP contribution in [0.15, 0.2) is 102 Å². The molecule has 2 amide bonds. The maximum atomic E-state index is 13.9. The zero-order valence-corrected chi connectivity index (χ0v) is 28.5. The molecule has 1 unspecified atom stereocenters. The Morgan fingerprint density at radius 1 is 0.875 bits per heavy atom. The van der Waals surface area contributed by atoms with Crippen molar-refractivity contribution in [2.45, 2.75) is 70.0 Å². The average molecular weight is 710 g/mol. The largest absolute Gasteiger partial charge is 0.493 e. The highest BCUT2D eigenvalue weighted by molar-refractivity contribution is 9.10. The number of nitrogens with zero attached hydrogens (tertiary/aromatic N) is 1. The van der Waals surface area contributed by atoms with Crippen LogP contribution in [0.1, 0.15) is 54.4 Å². The molecule has 8 heteroatoms. The van der Waals surface area contributed by atoms with E-state index >= 15 is 0 Å². The highest BCUT2D eigenvalue weighted by Gasteiger charge is 2.37. The number of fused-ring (bicyclic) bond motifs is 1. The van der Waals surface area contributed by atoms with Crippen molar-refractivity contribution in [1.82, 2.24) is 10.2 Å². The number of nitrogens with one attached hydrogen (secondary N) is 1. The second-order valence-electron chi connectivity index (χ2n) is 12.9. The molecule has 0 radical (unpaired) electrons. The monoisotopic (exact) mass is 708 g/mol. The van der Waals surface area contributed by atoms with Gasteiger partial charge in [0.1, 0.15) is 17.8 Å². The van der Waals surface area contributed by atoms with Gasteiger partial charge in [0.05, 0.1) is 6.61 Å². The third kappa shape index (κ3) is 8.34. The van der Waals surface area contributed by atoms with Gasteiger partial charge in [0, 0.05) is 36.7 Å². The summed E-state index contributed by atoms with van der Waals surface area (Å²) in [6, 6.07) is 29.7. The number of carbonyl (C=O) groups excluding carboxylic acids is 2. The van der Waals surface area contributed by atoms with Crippen molar-refractivity contribution in [2.24, 2.45) is 5.92 Å². The maximum absolute atomic E-state index is 13.9. The SMILES string of the molecule is O=C(N[C@@H](Cc1ccc(-c2ccccc2)cc1)C(=O)O)C1Cc2ccc(OCCc3ccccc3Br)cc2CN1C(=O)CC1CCCC1. The first kappa shape index (κ1) is 33.5. The summed E-state index contributed by atoms with van der Waals surface area (Å²) in [6.45, 7) is 0.779. The molecule has 0 saturated heterocycles. The molecule has 2 aliphatic rings. The number of carbonyl (C=O) groups is 3. The molecule has 248 valence electrons. The Bertz CT molecular complexity index is 1740. The van der Waals surface area contributed by atoms with Gasteiger partial charge in [-0.3, -0.25) is 9.59 Å². The number of rotatable bonds is 12. The fourth-order valence-electron chi connectivity index (χ4n) is 6.87. The smallest absolute Gasteiger partial charge is 0.326 e. The molecule has 0 spiro atoms. The number of carboxylic acid groups (broad SMARTS) is 1. The molecule has 4 aromatic rings. The lowest BCUT2D eigenvalue weighted by Gasteiger charge is -2.37. The van der Waals surface area contributed by atoms with Gasteiger partial charge < -0.3 is 20.1 Å². The van der Waals surface area contributed by atoms with Crippen LogP contribution in [-0.2, 0) is 40.2 Å². The highest BCUT2D eigenvalue weighted by atomic mass is 79.9. The number of hydrogen-bond donors (Lipinski definition) is 2. The molecule has 0 bridgehead atoms. The summed E-state index contributed by atoms with van der Waals surface area (Å²) < 4.78 is 7.15. The Kier molecular flexibility index (Phi) is 10.9. The first-order chi connectivity index (χ1) is 23.3. The van der Waals surface area contributed by atoms with Gasteiger partial charge in [-0.15, -0.1) is 0 Å². The zero-order chi connectivity index (χ0) is 33.5. The minimum absolute atomic E-state index is 0.0590. The van der Waals surface area contributed by atoms with E-state index in [1.54, 1.807) is 4.90 Å². The first-order valence-corrected chi connectivity index (χ1v) is 17.6.